The van der Waals surface area contributed by atoms with Crippen molar-refractivity contribution in [3.8, 4) is 0 Å². The van der Waals surface area contributed by atoms with Crippen molar-refractivity contribution in [3.63, 3.8) is 0 Å². The van der Waals surface area contributed by atoms with Crippen LogP contribution in [0.25, 0.3) is 0 Å². The van der Waals surface area contributed by atoms with Crippen LogP contribution in [0.3, 0.4) is 0 Å². The molecule has 0 unspecified atom stereocenters. The van der Waals surface area contributed by atoms with Gasteiger partial charge in [-0.15, -0.1) is 0 Å². The van der Waals surface area contributed by atoms with Crippen molar-refractivity contribution >= 4 is 0 Å². The molecule has 1 fully saturated rings. The second kappa shape index (κ2) is 4.08. The second-order valence-electron chi connectivity index (χ2n) is 4.55. The Morgan fingerprint density at radius 1 is 1.42 bits per heavy atom. The van der Waals surface area contributed by atoms with E-state index in [0.717, 1.165) is 0 Å². The highest BCUT2D eigenvalue weighted by atomic mass is 15.1. The first kappa shape index (κ1) is 9.79. The fourth-order valence-electron chi connectivity index (χ4n) is 1.84. The van der Waals surface area contributed by atoms with Crippen LogP contribution >= 0.6 is 0 Å². The summed E-state index contributed by atoms with van der Waals surface area (Å²) >= 11 is 0. The molecule has 0 aromatic rings. The molecule has 0 N–H and O–H groups in total. The standard InChI is InChI=1S/C11H21N/c1-4-5-6-8-12-9-7-11(2,3)10-12/h4-5H,6-10H2,1-3H3/b5-4-. The molecule has 0 bridgehead atoms. The van der Waals surface area contributed by atoms with Crippen LogP contribution in [0.4, 0.5) is 0 Å². The van der Waals surface area contributed by atoms with Gasteiger partial charge in [0.1, 0.15) is 0 Å². The predicted octanol–water partition coefficient (Wildman–Crippen LogP) is 2.68. The molecule has 0 radical (unpaired) electrons. The van der Waals surface area contributed by atoms with E-state index in [1.54, 1.807) is 0 Å². The molecule has 0 aliphatic carbocycles. The molecule has 0 amide bonds. The number of hydrogen-bond donors (Lipinski definition) is 0. The summed E-state index contributed by atoms with van der Waals surface area (Å²) < 4.78 is 0. The molecule has 1 saturated heterocycles. The number of allylic oxidation sites excluding steroid dienone is 1. The Morgan fingerprint density at radius 2 is 2.17 bits per heavy atom. The Labute approximate surface area is 76.5 Å². The van der Waals surface area contributed by atoms with Gasteiger partial charge in [-0.1, -0.05) is 26.0 Å². The lowest BCUT2D eigenvalue weighted by Crippen LogP contribution is -2.23. The van der Waals surface area contributed by atoms with E-state index in [1.165, 1.54) is 32.5 Å². The first-order valence-corrected chi connectivity index (χ1v) is 4.97. The SMILES string of the molecule is C/C=C\CCN1CCC(C)(C)C1. The zero-order valence-electron chi connectivity index (χ0n) is 8.64. The van der Waals surface area contributed by atoms with Crippen molar-refractivity contribution in [1.82, 2.24) is 4.90 Å². The van der Waals surface area contributed by atoms with Crippen molar-refractivity contribution in [3.05, 3.63) is 12.2 Å². The van der Waals surface area contributed by atoms with Gasteiger partial charge in [-0.25, -0.2) is 0 Å². The van der Waals surface area contributed by atoms with Gasteiger partial charge < -0.3 is 4.90 Å². The van der Waals surface area contributed by atoms with Gasteiger partial charge in [0.05, 0.1) is 0 Å². The highest BCUT2D eigenvalue weighted by Gasteiger charge is 2.28. The van der Waals surface area contributed by atoms with Gasteiger partial charge in [-0.2, -0.15) is 0 Å². The van der Waals surface area contributed by atoms with Gasteiger partial charge in [0.15, 0.2) is 0 Å². The van der Waals surface area contributed by atoms with Crippen LogP contribution in [0.2, 0.25) is 0 Å². The van der Waals surface area contributed by atoms with Crippen molar-refractivity contribution in [2.45, 2.75) is 33.6 Å². The highest BCUT2D eigenvalue weighted by Crippen LogP contribution is 2.28. The third kappa shape index (κ3) is 2.98. The molecule has 0 aromatic heterocycles. The molecule has 0 saturated carbocycles. The first-order chi connectivity index (χ1) is 5.64. The summed E-state index contributed by atoms with van der Waals surface area (Å²) in [6, 6.07) is 0. The van der Waals surface area contributed by atoms with Crippen molar-refractivity contribution in [2.75, 3.05) is 19.6 Å². The summed E-state index contributed by atoms with van der Waals surface area (Å²) in [7, 11) is 0. The number of likely N-dealkylation sites (tertiary alicyclic amines) is 1. The third-order valence-corrected chi connectivity index (χ3v) is 2.60. The molecule has 0 atom stereocenters. The zero-order valence-corrected chi connectivity index (χ0v) is 8.64. The molecule has 0 aromatic carbocycles. The zero-order chi connectivity index (χ0) is 9.03. The maximum Gasteiger partial charge on any atom is 0.00333 e. The molecule has 1 aliphatic heterocycles. The Kier molecular flexibility index (Phi) is 3.33. The molecule has 1 aliphatic rings. The monoisotopic (exact) mass is 167 g/mol. The van der Waals surface area contributed by atoms with Crippen LogP contribution < -0.4 is 0 Å². The van der Waals surface area contributed by atoms with Gasteiger partial charge in [0, 0.05) is 13.1 Å². The summed E-state index contributed by atoms with van der Waals surface area (Å²) in [4.78, 5) is 2.57. The first-order valence-electron chi connectivity index (χ1n) is 4.97. The second-order valence-corrected chi connectivity index (χ2v) is 4.55. The number of nitrogens with zero attached hydrogens (tertiary/aromatic N) is 1. The van der Waals surface area contributed by atoms with E-state index in [0.29, 0.717) is 5.41 Å². The van der Waals surface area contributed by atoms with E-state index >= 15 is 0 Å². The molecule has 1 rings (SSSR count). The van der Waals surface area contributed by atoms with Gasteiger partial charge in [-0.05, 0) is 31.7 Å². The van der Waals surface area contributed by atoms with E-state index in [-0.39, 0.29) is 0 Å². The maximum atomic E-state index is 2.57. The quantitative estimate of drug-likeness (QED) is 0.584. The van der Waals surface area contributed by atoms with Crippen LogP contribution in [0, 0.1) is 5.41 Å². The smallest absolute Gasteiger partial charge is 0.00333 e. The Morgan fingerprint density at radius 3 is 2.67 bits per heavy atom. The van der Waals surface area contributed by atoms with E-state index < -0.39 is 0 Å². The molecule has 0 spiro atoms. The number of rotatable bonds is 3. The Balaban J connectivity index is 2.19. The molecule has 1 nitrogen and oxygen atoms in total. The lowest BCUT2D eigenvalue weighted by molar-refractivity contribution is 0.295. The summed E-state index contributed by atoms with van der Waals surface area (Å²) in [5.41, 5.74) is 0.565. The van der Waals surface area contributed by atoms with Crippen LogP contribution in [-0.2, 0) is 0 Å². The molecular weight excluding hydrogens is 146 g/mol. The lowest BCUT2D eigenvalue weighted by Gasteiger charge is -2.18. The van der Waals surface area contributed by atoms with Crippen molar-refractivity contribution < 1.29 is 0 Å². The van der Waals surface area contributed by atoms with E-state index in [4.69, 9.17) is 0 Å². The minimum absolute atomic E-state index is 0.565. The summed E-state index contributed by atoms with van der Waals surface area (Å²) in [5.74, 6) is 0. The molecule has 70 valence electrons. The number of hydrogen-bond acceptors (Lipinski definition) is 1. The minimum atomic E-state index is 0.565. The fourth-order valence-corrected chi connectivity index (χ4v) is 1.84. The third-order valence-electron chi connectivity index (χ3n) is 2.60. The maximum absolute atomic E-state index is 2.57. The van der Waals surface area contributed by atoms with Crippen LogP contribution in [0.1, 0.15) is 33.6 Å². The molecule has 1 heteroatoms. The summed E-state index contributed by atoms with van der Waals surface area (Å²) in [5, 5.41) is 0. The Bertz CT molecular complexity index is 158. The molecule has 1 heterocycles. The van der Waals surface area contributed by atoms with Gasteiger partial charge >= 0.3 is 0 Å². The highest BCUT2D eigenvalue weighted by molar-refractivity contribution is 4.85. The van der Waals surface area contributed by atoms with Gasteiger partial charge in [0.25, 0.3) is 0 Å². The van der Waals surface area contributed by atoms with Crippen molar-refractivity contribution in [1.29, 1.82) is 0 Å². The Hall–Kier alpha value is -0.300. The van der Waals surface area contributed by atoms with Gasteiger partial charge in [0.2, 0.25) is 0 Å². The minimum Gasteiger partial charge on any atom is -0.302 e. The summed E-state index contributed by atoms with van der Waals surface area (Å²) in [6.07, 6.45) is 6.97. The van der Waals surface area contributed by atoms with Crippen LogP contribution in [-0.4, -0.2) is 24.5 Å². The normalized spacial score (nSPS) is 23.9. The largest absolute Gasteiger partial charge is 0.302 e. The van der Waals surface area contributed by atoms with Gasteiger partial charge in [-0.3, -0.25) is 0 Å². The van der Waals surface area contributed by atoms with Crippen LogP contribution in [0.5, 0.6) is 0 Å². The summed E-state index contributed by atoms with van der Waals surface area (Å²) in [6.45, 7) is 10.6. The van der Waals surface area contributed by atoms with Crippen molar-refractivity contribution in [2.24, 2.45) is 5.41 Å². The predicted molar refractivity (Wildman–Crippen MR) is 54.3 cm³/mol. The average Bonchev–Trinajstić information content (AvgIpc) is 2.31. The van der Waals surface area contributed by atoms with E-state index in [1.807, 2.05) is 0 Å². The average molecular weight is 167 g/mol. The van der Waals surface area contributed by atoms with Crippen LogP contribution in [0.15, 0.2) is 12.2 Å². The molecule has 12 heavy (non-hydrogen) atoms. The lowest BCUT2D eigenvalue weighted by atomic mass is 9.93. The fraction of sp³-hybridized carbons (Fsp3) is 0.818. The topological polar surface area (TPSA) is 3.24 Å². The molecular formula is C11H21N. The van der Waals surface area contributed by atoms with E-state index in [2.05, 4.69) is 37.8 Å². The van der Waals surface area contributed by atoms with E-state index in [9.17, 15) is 0 Å².